The monoisotopic (exact) mass is 454 g/mol. The van der Waals surface area contributed by atoms with Crippen molar-refractivity contribution in [3.63, 3.8) is 0 Å². The second kappa shape index (κ2) is 10.7. The van der Waals surface area contributed by atoms with Gasteiger partial charge in [-0.25, -0.2) is 13.8 Å². The summed E-state index contributed by atoms with van der Waals surface area (Å²) in [5, 5.41) is 2.84. The van der Waals surface area contributed by atoms with Crippen LogP contribution in [0.15, 0.2) is 58.8 Å². The lowest BCUT2D eigenvalue weighted by Gasteiger charge is -2.25. The van der Waals surface area contributed by atoms with Crippen molar-refractivity contribution in [3.8, 4) is 0 Å². The number of nitrogens with zero attached hydrogens (tertiary/aromatic N) is 3. The maximum atomic E-state index is 15.8. The molecule has 0 aliphatic carbocycles. The molecule has 7 heteroatoms. The van der Waals surface area contributed by atoms with E-state index in [0.717, 1.165) is 19.5 Å². The Bertz CT molecular complexity index is 1070. The predicted octanol–water partition coefficient (Wildman–Crippen LogP) is 4.97. The standard InChI is InChI=1S/C26H32F2N4O/c1-6-9-11-18-20(7-2)30-26(33)22(18)21(8-3)29-24-17(4)16-19(27)25(23(24)28)32-13-10-12-31(5)14-15-32/h6-7,9,11,16H,1,8,10,12-15H2,2-5H3,(H,30,33)/b11-9-,20-7+,29-21?. The van der Waals surface area contributed by atoms with Crippen LogP contribution < -0.4 is 10.2 Å². The summed E-state index contributed by atoms with van der Waals surface area (Å²) in [5.41, 5.74) is 2.60. The number of carbonyl (C=O) groups is 1. The fourth-order valence-electron chi connectivity index (χ4n) is 4.22. The Kier molecular flexibility index (Phi) is 7.97. The molecular weight excluding hydrogens is 422 g/mol. The summed E-state index contributed by atoms with van der Waals surface area (Å²) in [5.74, 6) is -1.56. The van der Waals surface area contributed by atoms with Crippen LogP contribution in [0.5, 0.6) is 0 Å². The lowest BCUT2D eigenvalue weighted by molar-refractivity contribution is -0.115. The van der Waals surface area contributed by atoms with Gasteiger partial charge in [-0.3, -0.25) is 4.79 Å². The van der Waals surface area contributed by atoms with Gasteiger partial charge < -0.3 is 15.1 Å². The number of allylic oxidation sites excluding steroid dienone is 4. The third-order valence-electron chi connectivity index (χ3n) is 5.99. The van der Waals surface area contributed by atoms with Crippen molar-refractivity contribution in [3.05, 3.63) is 71.0 Å². The third kappa shape index (κ3) is 5.14. The predicted molar refractivity (Wildman–Crippen MR) is 131 cm³/mol. The summed E-state index contributed by atoms with van der Waals surface area (Å²) in [7, 11) is 2.01. The summed E-state index contributed by atoms with van der Waals surface area (Å²) in [6.07, 6.45) is 8.18. The SMILES string of the molecule is C=C/C=C\C1=C(C(CC)=Nc2c(C)cc(F)c(N3CCCN(C)CC3)c2F)C(=O)N/C1=C/C. The van der Waals surface area contributed by atoms with Gasteiger partial charge in [0.1, 0.15) is 17.2 Å². The van der Waals surface area contributed by atoms with Crippen molar-refractivity contribution in [1.29, 1.82) is 0 Å². The molecule has 5 nitrogen and oxygen atoms in total. The largest absolute Gasteiger partial charge is 0.365 e. The number of anilines is 1. The maximum Gasteiger partial charge on any atom is 0.258 e. The zero-order valence-electron chi connectivity index (χ0n) is 19.8. The molecule has 0 aromatic heterocycles. The first-order chi connectivity index (χ1) is 15.8. The normalized spacial score (nSPS) is 19.6. The minimum Gasteiger partial charge on any atom is -0.365 e. The molecule has 0 radical (unpaired) electrons. The molecule has 0 atom stereocenters. The van der Waals surface area contributed by atoms with Crippen LogP contribution in [-0.4, -0.2) is 49.7 Å². The Morgan fingerprint density at radius 3 is 2.70 bits per heavy atom. The fraction of sp³-hybridized carbons (Fsp3) is 0.385. The van der Waals surface area contributed by atoms with Gasteiger partial charge in [0.25, 0.3) is 5.91 Å². The molecule has 1 aromatic rings. The van der Waals surface area contributed by atoms with E-state index in [-0.39, 0.29) is 17.3 Å². The average Bonchev–Trinajstić information content (AvgIpc) is 2.94. The fourth-order valence-corrected chi connectivity index (χ4v) is 4.22. The number of likely N-dealkylation sites (N-methyl/N-ethyl adjacent to an activating group) is 1. The number of amides is 1. The summed E-state index contributed by atoms with van der Waals surface area (Å²) in [4.78, 5) is 21.3. The number of benzene rings is 1. The van der Waals surface area contributed by atoms with E-state index in [0.29, 0.717) is 47.6 Å². The van der Waals surface area contributed by atoms with Crippen LogP contribution in [0.1, 0.15) is 32.3 Å². The highest BCUT2D eigenvalue weighted by Crippen LogP contribution is 2.36. The molecule has 0 unspecified atom stereocenters. The maximum absolute atomic E-state index is 15.8. The van der Waals surface area contributed by atoms with Gasteiger partial charge >= 0.3 is 0 Å². The van der Waals surface area contributed by atoms with Crippen molar-refractivity contribution in [2.75, 3.05) is 38.1 Å². The second-order valence-electron chi connectivity index (χ2n) is 8.28. The van der Waals surface area contributed by atoms with Crippen LogP contribution in [0.25, 0.3) is 0 Å². The minimum atomic E-state index is -0.684. The summed E-state index contributed by atoms with van der Waals surface area (Å²) >= 11 is 0. The number of hydrogen-bond acceptors (Lipinski definition) is 4. The Morgan fingerprint density at radius 2 is 2.03 bits per heavy atom. The van der Waals surface area contributed by atoms with Crippen LogP contribution >= 0.6 is 0 Å². The van der Waals surface area contributed by atoms with Gasteiger partial charge in [0.05, 0.1) is 11.3 Å². The molecule has 33 heavy (non-hydrogen) atoms. The highest BCUT2D eigenvalue weighted by molar-refractivity contribution is 6.25. The quantitative estimate of drug-likeness (QED) is 0.488. The first-order valence-electron chi connectivity index (χ1n) is 11.3. The number of halogens is 2. The number of hydrogen-bond donors (Lipinski definition) is 1. The van der Waals surface area contributed by atoms with E-state index in [4.69, 9.17) is 0 Å². The van der Waals surface area contributed by atoms with Crippen molar-refractivity contribution in [1.82, 2.24) is 10.2 Å². The second-order valence-corrected chi connectivity index (χ2v) is 8.28. The van der Waals surface area contributed by atoms with Crippen LogP contribution in [0.4, 0.5) is 20.2 Å². The molecule has 0 spiro atoms. The van der Waals surface area contributed by atoms with Gasteiger partial charge in [-0.1, -0.05) is 37.8 Å². The molecule has 1 fully saturated rings. The molecular formula is C26H32F2N4O. The molecule has 176 valence electrons. The van der Waals surface area contributed by atoms with E-state index in [1.54, 1.807) is 36.1 Å². The first-order valence-corrected chi connectivity index (χ1v) is 11.3. The molecule has 1 aromatic carbocycles. The topological polar surface area (TPSA) is 47.9 Å². The van der Waals surface area contributed by atoms with Gasteiger partial charge in [-0.2, -0.15) is 0 Å². The van der Waals surface area contributed by atoms with Crippen molar-refractivity contribution >= 4 is 23.0 Å². The summed E-state index contributed by atoms with van der Waals surface area (Å²) in [6, 6.07) is 1.33. The van der Waals surface area contributed by atoms with Gasteiger partial charge in [0.2, 0.25) is 0 Å². The third-order valence-corrected chi connectivity index (χ3v) is 5.99. The average molecular weight is 455 g/mol. The Balaban J connectivity index is 2.15. The summed E-state index contributed by atoms with van der Waals surface area (Å²) in [6.45, 7) is 11.7. The molecule has 2 aliphatic rings. The molecule has 2 aliphatic heterocycles. The molecule has 3 rings (SSSR count). The summed E-state index contributed by atoms with van der Waals surface area (Å²) < 4.78 is 30.7. The molecule has 0 bridgehead atoms. The van der Waals surface area contributed by atoms with Gasteiger partial charge in [0, 0.05) is 30.9 Å². The number of aliphatic imine (C=N–C) groups is 1. The number of rotatable bonds is 6. The smallest absolute Gasteiger partial charge is 0.258 e. The van der Waals surface area contributed by atoms with E-state index in [2.05, 4.69) is 21.8 Å². The number of aryl methyl sites for hydroxylation is 1. The van der Waals surface area contributed by atoms with Crippen molar-refractivity contribution in [2.45, 2.75) is 33.6 Å². The molecule has 0 saturated carbocycles. The Labute approximate surface area is 194 Å². The van der Waals surface area contributed by atoms with E-state index >= 15 is 4.39 Å². The highest BCUT2D eigenvalue weighted by atomic mass is 19.1. The van der Waals surface area contributed by atoms with Crippen LogP contribution in [0.2, 0.25) is 0 Å². The molecule has 1 saturated heterocycles. The number of carbonyl (C=O) groups excluding carboxylic acids is 1. The van der Waals surface area contributed by atoms with Crippen molar-refractivity contribution < 1.29 is 13.6 Å². The van der Waals surface area contributed by atoms with Crippen LogP contribution in [0, 0.1) is 18.6 Å². The van der Waals surface area contributed by atoms with Gasteiger partial charge in [-0.05, 0) is 51.9 Å². The van der Waals surface area contributed by atoms with E-state index in [1.807, 2.05) is 20.9 Å². The zero-order valence-corrected chi connectivity index (χ0v) is 19.8. The van der Waals surface area contributed by atoms with E-state index < -0.39 is 11.6 Å². The lowest BCUT2D eigenvalue weighted by Crippen LogP contribution is -2.30. The van der Waals surface area contributed by atoms with Gasteiger partial charge in [0.15, 0.2) is 5.82 Å². The molecule has 1 N–H and O–H groups in total. The van der Waals surface area contributed by atoms with Crippen LogP contribution in [-0.2, 0) is 4.79 Å². The van der Waals surface area contributed by atoms with Crippen LogP contribution in [0.3, 0.4) is 0 Å². The highest BCUT2D eigenvalue weighted by Gasteiger charge is 2.29. The Morgan fingerprint density at radius 1 is 1.27 bits per heavy atom. The van der Waals surface area contributed by atoms with E-state index in [1.165, 1.54) is 6.07 Å². The van der Waals surface area contributed by atoms with Gasteiger partial charge in [-0.15, -0.1) is 0 Å². The van der Waals surface area contributed by atoms with E-state index in [9.17, 15) is 9.18 Å². The lowest BCUT2D eigenvalue weighted by atomic mass is 10.0. The first kappa shape index (κ1) is 24.6. The molecule has 2 heterocycles. The zero-order chi connectivity index (χ0) is 24.1. The molecule has 1 amide bonds. The number of nitrogens with one attached hydrogen (secondary N) is 1. The minimum absolute atomic E-state index is 0.0455. The van der Waals surface area contributed by atoms with Crippen molar-refractivity contribution in [2.24, 2.45) is 4.99 Å². The Hall–Kier alpha value is -3.06.